The van der Waals surface area contributed by atoms with Gasteiger partial charge in [-0.25, -0.2) is 0 Å². The van der Waals surface area contributed by atoms with Crippen LogP contribution in [0.5, 0.6) is 5.75 Å². The Labute approximate surface area is 90.2 Å². The van der Waals surface area contributed by atoms with Crippen molar-refractivity contribution in [1.29, 1.82) is 0 Å². The van der Waals surface area contributed by atoms with Crippen LogP contribution in [-0.2, 0) is 0 Å². The van der Waals surface area contributed by atoms with E-state index in [0.717, 1.165) is 5.39 Å². The first-order valence-corrected chi connectivity index (χ1v) is 4.68. The Kier molecular flexibility index (Phi) is 2.73. The highest BCUT2D eigenvalue weighted by atomic mass is 35.5. The van der Waals surface area contributed by atoms with Crippen LogP contribution < -0.4 is 4.74 Å². The Balaban J connectivity index is 2.58. The molecule has 2 rings (SSSR count). The maximum Gasteiger partial charge on any atom is 0.387 e. The summed E-state index contributed by atoms with van der Waals surface area (Å²) in [5.74, 6) is 0.144. The molecule has 0 aliphatic rings. The molecule has 15 heavy (non-hydrogen) atoms. The van der Waals surface area contributed by atoms with Crippen LogP contribution in [0.25, 0.3) is 10.8 Å². The molecule has 0 saturated heterocycles. The fourth-order valence-electron chi connectivity index (χ4n) is 1.41. The zero-order valence-corrected chi connectivity index (χ0v) is 8.34. The lowest BCUT2D eigenvalue weighted by molar-refractivity contribution is -0.0487. The third-order valence-electron chi connectivity index (χ3n) is 2.02. The fourth-order valence-corrected chi connectivity index (χ4v) is 1.59. The predicted octanol–water partition coefficient (Wildman–Crippen LogP) is 4.09. The van der Waals surface area contributed by atoms with Gasteiger partial charge < -0.3 is 4.74 Å². The first-order chi connectivity index (χ1) is 7.16. The normalized spacial score (nSPS) is 10.9. The number of halogens is 3. The van der Waals surface area contributed by atoms with E-state index in [-0.39, 0.29) is 5.75 Å². The van der Waals surface area contributed by atoms with Crippen LogP contribution in [0.4, 0.5) is 8.78 Å². The standard InChI is InChI=1S/C11H7ClF2O/c12-8-5-4-7-2-1-3-10(9(7)6-8)15-11(13)14/h1-6,11H. The molecule has 0 aliphatic carbocycles. The predicted molar refractivity (Wildman–Crippen MR) is 55.6 cm³/mol. The number of hydrogen-bond acceptors (Lipinski definition) is 1. The molecule has 0 unspecified atom stereocenters. The van der Waals surface area contributed by atoms with Gasteiger partial charge in [0.15, 0.2) is 0 Å². The maximum atomic E-state index is 12.1. The maximum absolute atomic E-state index is 12.1. The molecule has 0 fully saturated rings. The van der Waals surface area contributed by atoms with Gasteiger partial charge in [0.25, 0.3) is 0 Å². The Hall–Kier alpha value is -1.35. The second-order valence-electron chi connectivity index (χ2n) is 3.00. The van der Waals surface area contributed by atoms with Crippen LogP contribution >= 0.6 is 11.6 Å². The zero-order valence-electron chi connectivity index (χ0n) is 7.58. The molecule has 0 heterocycles. The van der Waals surface area contributed by atoms with Crippen molar-refractivity contribution in [3.8, 4) is 5.75 Å². The first kappa shape index (κ1) is 10.2. The smallest absolute Gasteiger partial charge is 0.387 e. The molecule has 0 radical (unpaired) electrons. The van der Waals surface area contributed by atoms with E-state index in [4.69, 9.17) is 11.6 Å². The summed E-state index contributed by atoms with van der Waals surface area (Å²) < 4.78 is 28.6. The summed E-state index contributed by atoms with van der Waals surface area (Å²) in [7, 11) is 0. The van der Waals surface area contributed by atoms with Crippen molar-refractivity contribution in [2.75, 3.05) is 0 Å². The molecule has 0 aliphatic heterocycles. The largest absolute Gasteiger partial charge is 0.434 e. The van der Waals surface area contributed by atoms with E-state index in [1.54, 1.807) is 24.3 Å². The molecular formula is C11H7ClF2O. The third kappa shape index (κ3) is 2.18. The Bertz CT molecular complexity index is 485. The van der Waals surface area contributed by atoms with E-state index in [0.29, 0.717) is 10.4 Å². The number of alkyl halides is 2. The Morgan fingerprint density at radius 3 is 2.67 bits per heavy atom. The number of ether oxygens (including phenoxy) is 1. The monoisotopic (exact) mass is 228 g/mol. The quantitative estimate of drug-likeness (QED) is 0.752. The van der Waals surface area contributed by atoms with Crippen molar-refractivity contribution in [2.24, 2.45) is 0 Å². The van der Waals surface area contributed by atoms with Crippen molar-refractivity contribution in [3.63, 3.8) is 0 Å². The van der Waals surface area contributed by atoms with Gasteiger partial charge in [-0.2, -0.15) is 8.78 Å². The van der Waals surface area contributed by atoms with Gasteiger partial charge in [-0.1, -0.05) is 29.8 Å². The van der Waals surface area contributed by atoms with E-state index < -0.39 is 6.61 Å². The molecule has 2 aromatic carbocycles. The zero-order chi connectivity index (χ0) is 10.8. The molecule has 78 valence electrons. The SMILES string of the molecule is FC(F)Oc1cccc2ccc(Cl)cc12. The molecule has 1 nitrogen and oxygen atoms in total. The van der Waals surface area contributed by atoms with Gasteiger partial charge in [0, 0.05) is 10.4 Å². The number of hydrogen-bond donors (Lipinski definition) is 0. The van der Waals surface area contributed by atoms with Crippen LogP contribution in [0, 0.1) is 0 Å². The molecule has 0 amide bonds. The minimum atomic E-state index is -2.82. The fraction of sp³-hybridized carbons (Fsp3) is 0.0909. The summed E-state index contributed by atoms with van der Waals surface area (Å²) >= 11 is 5.78. The molecule has 0 atom stereocenters. The minimum Gasteiger partial charge on any atom is -0.434 e. The lowest BCUT2D eigenvalue weighted by atomic mass is 10.1. The number of benzene rings is 2. The Morgan fingerprint density at radius 1 is 1.13 bits per heavy atom. The lowest BCUT2D eigenvalue weighted by Gasteiger charge is -2.07. The highest BCUT2D eigenvalue weighted by molar-refractivity contribution is 6.31. The van der Waals surface area contributed by atoms with Gasteiger partial charge in [-0.05, 0) is 23.6 Å². The highest BCUT2D eigenvalue weighted by Gasteiger charge is 2.07. The van der Waals surface area contributed by atoms with E-state index in [2.05, 4.69) is 4.74 Å². The van der Waals surface area contributed by atoms with Crippen molar-refractivity contribution >= 4 is 22.4 Å². The lowest BCUT2D eigenvalue weighted by Crippen LogP contribution is -2.02. The van der Waals surface area contributed by atoms with E-state index in [9.17, 15) is 8.78 Å². The second kappa shape index (κ2) is 4.03. The average molecular weight is 229 g/mol. The summed E-state index contributed by atoms with van der Waals surface area (Å²) in [5, 5.41) is 1.90. The van der Waals surface area contributed by atoms with Crippen molar-refractivity contribution in [3.05, 3.63) is 41.4 Å². The second-order valence-corrected chi connectivity index (χ2v) is 3.44. The summed E-state index contributed by atoms with van der Waals surface area (Å²) in [4.78, 5) is 0. The van der Waals surface area contributed by atoms with Crippen LogP contribution in [-0.4, -0.2) is 6.61 Å². The van der Waals surface area contributed by atoms with Crippen molar-refractivity contribution in [2.45, 2.75) is 6.61 Å². The number of rotatable bonds is 2. The van der Waals surface area contributed by atoms with Gasteiger partial charge >= 0.3 is 6.61 Å². The third-order valence-corrected chi connectivity index (χ3v) is 2.26. The van der Waals surface area contributed by atoms with Gasteiger partial charge in [0.2, 0.25) is 0 Å². The summed E-state index contributed by atoms with van der Waals surface area (Å²) in [5.41, 5.74) is 0. The molecular weight excluding hydrogens is 222 g/mol. The minimum absolute atomic E-state index is 0.144. The van der Waals surface area contributed by atoms with E-state index in [1.807, 2.05) is 6.07 Å². The molecule has 0 saturated carbocycles. The molecule has 0 aromatic heterocycles. The summed E-state index contributed by atoms with van der Waals surface area (Å²) in [6.45, 7) is -2.82. The van der Waals surface area contributed by atoms with Gasteiger partial charge in [0.05, 0.1) is 0 Å². The van der Waals surface area contributed by atoms with Crippen LogP contribution in [0.2, 0.25) is 5.02 Å². The molecule has 4 heteroatoms. The van der Waals surface area contributed by atoms with Gasteiger partial charge in [0.1, 0.15) is 5.75 Å². The van der Waals surface area contributed by atoms with E-state index >= 15 is 0 Å². The van der Waals surface area contributed by atoms with Crippen molar-refractivity contribution < 1.29 is 13.5 Å². The van der Waals surface area contributed by atoms with Crippen LogP contribution in [0.15, 0.2) is 36.4 Å². The summed E-state index contributed by atoms with van der Waals surface area (Å²) in [6, 6.07) is 10.0. The topological polar surface area (TPSA) is 9.23 Å². The molecule has 2 aromatic rings. The van der Waals surface area contributed by atoms with Crippen LogP contribution in [0.3, 0.4) is 0 Å². The average Bonchev–Trinajstić information content (AvgIpc) is 2.18. The van der Waals surface area contributed by atoms with Gasteiger partial charge in [-0.3, -0.25) is 0 Å². The molecule has 0 spiro atoms. The van der Waals surface area contributed by atoms with Crippen LogP contribution in [0.1, 0.15) is 0 Å². The number of fused-ring (bicyclic) bond motifs is 1. The van der Waals surface area contributed by atoms with Gasteiger partial charge in [-0.15, -0.1) is 0 Å². The molecule has 0 N–H and O–H groups in total. The Morgan fingerprint density at radius 2 is 1.93 bits per heavy atom. The van der Waals surface area contributed by atoms with Crippen molar-refractivity contribution in [1.82, 2.24) is 0 Å². The highest BCUT2D eigenvalue weighted by Crippen LogP contribution is 2.29. The van der Waals surface area contributed by atoms with E-state index in [1.165, 1.54) is 6.07 Å². The first-order valence-electron chi connectivity index (χ1n) is 4.30. The molecule has 0 bridgehead atoms. The summed E-state index contributed by atoms with van der Waals surface area (Å²) in [6.07, 6.45) is 0.